The van der Waals surface area contributed by atoms with E-state index >= 15 is 0 Å². The summed E-state index contributed by atoms with van der Waals surface area (Å²) in [6.07, 6.45) is 2.21. The zero-order valence-electron chi connectivity index (χ0n) is 9.69. The van der Waals surface area contributed by atoms with Gasteiger partial charge in [0.1, 0.15) is 0 Å². The standard InChI is InChI=1S/C13H17Cl2N/c1-8(2)3-11-6-12-9(7-16-11)4-10(14)5-13(12)15/h4-5,8,11,16H,3,6-7H2,1-2H3. The Hall–Kier alpha value is -0.240. The van der Waals surface area contributed by atoms with Crippen LogP contribution in [0, 0.1) is 5.92 Å². The Bertz CT molecular complexity index is 388. The van der Waals surface area contributed by atoms with E-state index in [4.69, 9.17) is 23.2 Å². The van der Waals surface area contributed by atoms with Gasteiger partial charge in [-0.2, -0.15) is 0 Å². The molecule has 1 aliphatic rings. The van der Waals surface area contributed by atoms with Gasteiger partial charge < -0.3 is 5.32 Å². The zero-order valence-corrected chi connectivity index (χ0v) is 11.2. The minimum atomic E-state index is 0.547. The third-order valence-electron chi connectivity index (χ3n) is 3.04. The first-order chi connectivity index (χ1) is 7.56. The highest BCUT2D eigenvalue weighted by Crippen LogP contribution is 2.30. The Balaban J connectivity index is 2.20. The van der Waals surface area contributed by atoms with Gasteiger partial charge in [-0.25, -0.2) is 0 Å². The molecule has 0 spiro atoms. The summed E-state index contributed by atoms with van der Waals surface area (Å²) in [6.45, 7) is 5.38. The summed E-state index contributed by atoms with van der Waals surface area (Å²) in [4.78, 5) is 0. The van der Waals surface area contributed by atoms with Crippen molar-refractivity contribution in [1.29, 1.82) is 0 Å². The maximum Gasteiger partial charge on any atom is 0.0456 e. The summed E-state index contributed by atoms with van der Waals surface area (Å²) in [6, 6.07) is 4.41. The number of halogens is 2. The third kappa shape index (κ3) is 2.71. The van der Waals surface area contributed by atoms with E-state index in [9.17, 15) is 0 Å². The molecule has 88 valence electrons. The largest absolute Gasteiger partial charge is 0.310 e. The van der Waals surface area contributed by atoms with Crippen LogP contribution in [0.5, 0.6) is 0 Å². The number of nitrogens with one attached hydrogen (secondary N) is 1. The van der Waals surface area contributed by atoms with Crippen LogP contribution in [0.2, 0.25) is 10.0 Å². The second-order valence-electron chi connectivity index (χ2n) is 4.94. The lowest BCUT2D eigenvalue weighted by Gasteiger charge is -2.28. The second kappa shape index (κ2) is 4.95. The van der Waals surface area contributed by atoms with E-state index in [0.717, 1.165) is 23.0 Å². The molecule has 0 saturated heterocycles. The molecule has 0 aromatic heterocycles. The molecule has 1 aromatic rings. The average molecular weight is 258 g/mol. The Morgan fingerprint density at radius 3 is 2.81 bits per heavy atom. The fourth-order valence-electron chi connectivity index (χ4n) is 2.35. The van der Waals surface area contributed by atoms with Gasteiger partial charge in [-0.3, -0.25) is 0 Å². The van der Waals surface area contributed by atoms with E-state index < -0.39 is 0 Å². The molecular weight excluding hydrogens is 241 g/mol. The van der Waals surface area contributed by atoms with Gasteiger partial charge in [0, 0.05) is 22.6 Å². The van der Waals surface area contributed by atoms with Crippen molar-refractivity contribution in [2.75, 3.05) is 0 Å². The van der Waals surface area contributed by atoms with E-state index in [1.54, 1.807) is 0 Å². The molecule has 1 aliphatic heterocycles. The smallest absolute Gasteiger partial charge is 0.0456 e. The number of hydrogen-bond donors (Lipinski definition) is 1. The van der Waals surface area contributed by atoms with Crippen LogP contribution in [0.4, 0.5) is 0 Å². The molecule has 1 nitrogen and oxygen atoms in total. The van der Waals surface area contributed by atoms with Gasteiger partial charge in [-0.1, -0.05) is 37.0 Å². The highest BCUT2D eigenvalue weighted by Gasteiger charge is 2.21. The molecule has 0 amide bonds. The van der Waals surface area contributed by atoms with Gasteiger partial charge in [-0.05, 0) is 42.0 Å². The molecule has 1 aromatic carbocycles. The topological polar surface area (TPSA) is 12.0 Å². The molecular formula is C13H17Cl2N. The van der Waals surface area contributed by atoms with E-state index in [1.807, 2.05) is 12.1 Å². The summed E-state index contributed by atoms with van der Waals surface area (Å²) >= 11 is 12.2. The monoisotopic (exact) mass is 257 g/mol. The van der Waals surface area contributed by atoms with E-state index in [2.05, 4.69) is 19.2 Å². The van der Waals surface area contributed by atoms with Crippen molar-refractivity contribution in [3.8, 4) is 0 Å². The molecule has 1 heterocycles. The molecule has 3 heteroatoms. The number of hydrogen-bond acceptors (Lipinski definition) is 1. The zero-order chi connectivity index (χ0) is 11.7. The first-order valence-corrected chi connectivity index (χ1v) is 6.52. The van der Waals surface area contributed by atoms with Crippen LogP contribution >= 0.6 is 23.2 Å². The SMILES string of the molecule is CC(C)CC1Cc2c(Cl)cc(Cl)cc2CN1. The van der Waals surface area contributed by atoms with Crippen molar-refractivity contribution in [3.63, 3.8) is 0 Å². The van der Waals surface area contributed by atoms with E-state index in [0.29, 0.717) is 12.0 Å². The molecule has 0 saturated carbocycles. The van der Waals surface area contributed by atoms with Crippen molar-refractivity contribution < 1.29 is 0 Å². The number of fused-ring (bicyclic) bond motifs is 1. The molecule has 0 radical (unpaired) electrons. The van der Waals surface area contributed by atoms with Gasteiger partial charge in [0.25, 0.3) is 0 Å². The van der Waals surface area contributed by atoms with Gasteiger partial charge in [0.2, 0.25) is 0 Å². The molecule has 1 unspecified atom stereocenters. The van der Waals surface area contributed by atoms with E-state index in [1.165, 1.54) is 17.5 Å². The fourth-order valence-corrected chi connectivity index (χ4v) is 2.96. The van der Waals surface area contributed by atoms with Crippen LogP contribution < -0.4 is 5.32 Å². The lowest BCUT2D eigenvalue weighted by Crippen LogP contribution is -2.36. The molecule has 2 rings (SSSR count). The summed E-state index contributed by atoms with van der Waals surface area (Å²) in [5.41, 5.74) is 2.52. The van der Waals surface area contributed by atoms with Gasteiger partial charge in [-0.15, -0.1) is 0 Å². The van der Waals surface area contributed by atoms with Gasteiger partial charge in [0.15, 0.2) is 0 Å². The quantitative estimate of drug-likeness (QED) is 0.843. The van der Waals surface area contributed by atoms with Crippen LogP contribution in [0.3, 0.4) is 0 Å². The maximum atomic E-state index is 6.24. The molecule has 1 N–H and O–H groups in total. The lowest BCUT2D eigenvalue weighted by molar-refractivity contribution is 0.398. The van der Waals surface area contributed by atoms with Crippen molar-refractivity contribution >= 4 is 23.2 Å². The summed E-state index contributed by atoms with van der Waals surface area (Å²) in [7, 11) is 0. The first kappa shape index (κ1) is 12.2. The highest BCUT2D eigenvalue weighted by molar-refractivity contribution is 6.35. The molecule has 0 aliphatic carbocycles. The number of benzene rings is 1. The summed E-state index contributed by atoms with van der Waals surface area (Å²) < 4.78 is 0. The third-order valence-corrected chi connectivity index (χ3v) is 3.60. The van der Waals surface area contributed by atoms with Gasteiger partial charge >= 0.3 is 0 Å². The minimum absolute atomic E-state index is 0.547. The predicted molar refractivity (Wildman–Crippen MR) is 70.2 cm³/mol. The van der Waals surface area contributed by atoms with Gasteiger partial charge in [0.05, 0.1) is 0 Å². The van der Waals surface area contributed by atoms with Crippen LogP contribution in [-0.4, -0.2) is 6.04 Å². The maximum absolute atomic E-state index is 6.24. The van der Waals surface area contributed by atoms with Crippen molar-refractivity contribution in [3.05, 3.63) is 33.3 Å². The second-order valence-corrected chi connectivity index (χ2v) is 5.78. The average Bonchev–Trinajstić information content (AvgIpc) is 2.18. The van der Waals surface area contributed by atoms with Crippen molar-refractivity contribution in [2.24, 2.45) is 5.92 Å². The minimum Gasteiger partial charge on any atom is -0.310 e. The molecule has 0 bridgehead atoms. The Morgan fingerprint density at radius 1 is 1.38 bits per heavy atom. The highest BCUT2D eigenvalue weighted by atomic mass is 35.5. The first-order valence-electron chi connectivity index (χ1n) is 5.76. The van der Waals surface area contributed by atoms with Crippen LogP contribution in [0.25, 0.3) is 0 Å². The summed E-state index contributed by atoms with van der Waals surface area (Å²) in [5.74, 6) is 0.713. The Morgan fingerprint density at radius 2 is 2.12 bits per heavy atom. The normalized spacial score (nSPS) is 19.9. The summed E-state index contributed by atoms with van der Waals surface area (Å²) in [5, 5.41) is 5.09. The molecule has 16 heavy (non-hydrogen) atoms. The Kier molecular flexibility index (Phi) is 3.78. The predicted octanol–water partition coefficient (Wildman–Crippen LogP) is 4.05. The van der Waals surface area contributed by atoms with Crippen LogP contribution in [0.15, 0.2) is 12.1 Å². The van der Waals surface area contributed by atoms with Crippen LogP contribution in [0.1, 0.15) is 31.4 Å². The van der Waals surface area contributed by atoms with Crippen molar-refractivity contribution in [1.82, 2.24) is 5.32 Å². The molecule has 0 fully saturated rings. The van der Waals surface area contributed by atoms with E-state index in [-0.39, 0.29) is 0 Å². The Labute approximate surface area is 107 Å². The number of rotatable bonds is 2. The fraction of sp³-hybridized carbons (Fsp3) is 0.538. The van der Waals surface area contributed by atoms with Crippen LogP contribution in [-0.2, 0) is 13.0 Å². The van der Waals surface area contributed by atoms with Crippen molar-refractivity contribution in [2.45, 2.75) is 39.3 Å². The molecule has 1 atom stereocenters. The lowest BCUT2D eigenvalue weighted by atomic mass is 9.91.